The third kappa shape index (κ3) is 4.88. The fraction of sp³-hybridized carbons (Fsp3) is 0.208. The van der Waals surface area contributed by atoms with Crippen LogP contribution in [0.15, 0.2) is 71.9 Å². The van der Waals surface area contributed by atoms with Gasteiger partial charge in [0.15, 0.2) is 5.16 Å². The van der Waals surface area contributed by atoms with Crippen LogP contribution in [0.2, 0.25) is 0 Å². The van der Waals surface area contributed by atoms with Crippen LogP contribution >= 0.6 is 11.8 Å². The Bertz CT molecular complexity index is 1200. The minimum absolute atomic E-state index is 0.0977. The lowest BCUT2D eigenvalue weighted by molar-refractivity contribution is -0.113. The first kappa shape index (κ1) is 20.9. The molecule has 1 amide bonds. The number of nitrogens with zero attached hydrogens (tertiary/aromatic N) is 3. The zero-order valence-electron chi connectivity index (χ0n) is 17.5. The van der Waals surface area contributed by atoms with Gasteiger partial charge in [-0.15, -0.1) is 10.2 Å². The van der Waals surface area contributed by atoms with Crippen LogP contribution in [-0.4, -0.2) is 33.5 Å². The second kappa shape index (κ2) is 9.66. The Hall–Kier alpha value is -3.32. The molecule has 31 heavy (non-hydrogen) atoms. The normalized spacial score (nSPS) is 10.9. The molecular weight excluding hydrogens is 408 g/mol. The van der Waals surface area contributed by atoms with Crippen molar-refractivity contribution in [2.24, 2.45) is 0 Å². The van der Waals surface area contributed by atoms with Crippen LogP contribution in [0.5, 0.6) is 5.75 Å². The third-order valence-electron chi connectivity index (χ3n) is 5.02. The Morgan fingerprint density at radius 1 is 1.06 bits per heavy atom. The number of hydrogen-bond donors (Lipinski definition) is 1. The molecule has 0 atom stereocenters. The van der Waals surface area contributed by atoms with Crippen LogP contribution in [0.1, 0.15) is 18.3 Å². The first-order chi connectivity index (χ1) is 15.2. The summed E-state index contributed by atoms with van der Waals surface area (Å²) in [6.07, 6.45) is 0.693. The molecule has 3 aromatic carbocycles. The average molecular weight is 433 g/mol. The first-order valence-corrected chi connectivity index (χ1v) is 11.1. The van der Waals surface area contributed by atoms with Crippen molar-refractivity contribution in [3.63, 3.8) is 0 Å². The minimum Gasteiger partial charge on any atom is -0.497 e. The minimum atomic E-state index is -0.0977. The summed E-state index contributed by atoms with van der Waals surface area (Å²) in [6, 6.07) is 22.0. The number of nitrogens with one attached hydrogen (secondary N) is 1. The summed E-state index contributed by atoms with van der Waals surface area (Å²) in [5.74, 6) is 1.76. The predicted molar refractivity (Wildman–Crippen MR) is 125 cm³/mol. The Morgan fingerprint density at radius 3 is 2.71 bits per heavy atom. The maximum atomic E-state index is 12.4. The molecule has 6 nitrogen and oxygen atoms in total. The highest BCUT2D eigenvalue weighted by Crippen LogP contribution is 2.24. The Balaban J connectivity index is 1.45. The SMILES string of the molecule is CCn1c(Cc2cccc3ccccc23)nnc1SCC(=O)Nc1cccc(OC)c1. The van der Waals surface area contributed by atoms with E-state index in [0.29, 0.717) is 17.9 Å². The van der Waals surface area contributed by atoms with E-state index >= 15 is 0 Å². The largest absolute Gasteiger partial charge is 0.497 e. The lowest BCUT2D eigenvalue weighted by atomic mass is 10.0. The van der Waals surface area contributed by atoms with Gasteiger partial charge < -0.3 is 14.6 Å². The van der Waals surface area contributed by atoms with Crippen molar-refractivity contribution < 1.29 is 9.53 Å². The van der Waals surface area contributed by atoms with Crippen molar-refractivity contribution in [3.8, 4) is 5.75 Å². The summed E-state index contributed by atoms with van der Waals surface area (Å²) >= 11 is 1.39. The van der Waals surface area contributed by atoms with Crippen LogP contribution in [0.25, 0.3) is 10.8 Å². The van der Waals surface area contributed by atoms with E-state index in [1.165, 1.54) is 28.1 Å². The number of ether oxygens (including phenoxy) is 1. The summed E-state index contributed by atoms with van der Waals surface area (Å²) in [7, 11) is 1.60. The topological polar surface area (TPSA) is 69.0 Å². The van der Waals surface area contributed by atoms with Gasteiger partial charge in [0.05, 0.1) is 12.9 Å². The lowest BCUT2D eigenvalue weighted by Crippen LogP contribution is -2.14. The van der Waals surface area contributed by atoms with E-state index in [1.54, 1.807) is 13.2 Å². The van der Waals surface area contributed by atoms with Crippen molar-refractivity contribution in [2.75, 3.05) is 18.2 Å². The number of thioether (sulfide) groups is 1. The zero-order chi connectivity index (χ0) is 21.6. The highest BCUT2D eigenvalue weighted by Gasteiger charge is 2.15. The molecule has 1 heterocycles. The second-order valence-corrected chi connectivity index (χ2v) is 7.97. The van der Waals surface area contributed by atoms with Gasteiger partial charge >= 0.3 is 0 Å². The molecule has 0 bridgehead atoms. The second-order valence-electron chi connectivity index (χ2n) is 7.03. The average Bonchev–Trinajstić information content (AvgIpc) is 3.19. The zero-order valence-corrected chi connectivity index (χ0v) is 18.4. The molecule has 0 saturated carbocycles. The standard InChI is InChI=1S/C24H24N4O2S/c1-3-28-22(14-18-10-6-9-17-8-4-5-13-21(17)18)26-27-24(28)31-16-23(29)25-19-11-7-12-20(15-19)30-2/h4-13,15H,3,14,16H2,1-2H3,(H,25,29). The fourth-order valence-corrected chi connectivity index (χ4v) is 4.34. The third-order valence-corrected chi connectivity index (χ3v) is 5.99. The molecule has 0 aliphatic carbocycles. The number of benzene rings is 3. The highest BCUT2D eigenvalue weighted by molar-refractivity contribution is 7.99. The van der Waals surface area contributed by atoms with E-state index in [2.05, 4.69) is 63.4 Å². The summed E-state index contributed by atoms with van der Waals surface area (Å²) in [5, 5.41) is 14.8. The van der Waals surface area contributed by atoms with E-state index < -0.39 is 0 Å². The maximum absolute atomic E-state index is 12.4. The van der Waals surface area contributed by atoms with Gasteiger partial charge in [-0.05, 0) is 35.4 Å². The molecular formula is C24H24N4O2S. The van der Waals surface area contributed by atoms with E-state index in [1.807, 2.05) is 24.3 Å². The number of aromatic nitrogens is 3. The molecule has 0 unspecified atom stereocenters. The van der Waals surface area contributed by atoms with Crippen LogP contribution in [0.4, 0.5) is 5.69 Å². The first-order valence-electron chi connectivity index (χ1n) is 10.1. The maximum Gasteiger partial charge on any atom is 0.234 e. The van der Waals surface area contributed by atoms with E-state index in [0.717, 1.165) is 17.5 Å². The van der Waals surface area contributed by atoms with Gasteiger partial charge in [-0.3, -0.25) is 4.79 Å². The number of amides is 1. The van der Waals surface area contributed by atoms with Gasteiger partial charge in [-0.25, -0.2) is 0 Å². The van der Waals surface area contributed by atoms with Gasteiger partial charge in [0.1, 0.15) is 11.6 Å². The van der Waals surface area contributed by atoms with Crippen molar-refractivity contribution in [3.05, 3.63) is 78.1 Å². The van der Waals surface area contributed by atoms with Gasteiger partial charge in [0, 0.05) is 24.7 Å². The van der Waals surface area contributed by atoms with Crippen LogP contribution in [0, 0.1) is 0 Å². The number of carbonyl (C=O) groups excluding carboxylic acids is 1. The molecule has 0 spiro atoms. The van der Waals surface area contributed by atoms with Crippen molar-refractivity contribution in [1.29, 1.82) is 0 Å². The molecule has 1 N–H and O–H groups in total. The summed E-state index contributed by atoms with van der Waals surface area (Å²) in [4.78, 5) is 12.4. The quantitative estimate of drug-likeness (QED) is 0.406. The molecule has 0 fully saturated rings. The van der Waals surface area contributed by atoms with Crippen LogP contribution in [-0.2, 0) is 17.8 Å². The molecule has 7 heteroatoms. The molecule has 4 aromatic rings. The molecule has 0 saturated heterocycles. The van der Waals surface area contributed by atoms with Crippen molar-refractivity contribution in [1.82, 2.24) is 14.8 Å². The van der Waals surface area contributed by atoms with E-state index in [-0.39, 0.29) is 11.7 Å². The Labute approximate surface area is 185 Å². The summed E-state index contributed by atoms with van der Waals surface area (Å²) < 4.78 is 7.27. The van der Waals surface area contributed by atoms with E-state index in [4.69, 9.17) is 4.74 Å². The van der Waals surface area contributed by atoms with Crippen LogP contribution in [0.3, 0.4) is 0 Å². The Morgan fingerprint density at radius 2 is 1.87 bits per heavy atom. The fourth-order valence-electron chi connectivity index (χ4n) is 3.52. The highest BCUT2D eigenvalue weighted by atomic mass is 32.2. The molecule has 1 aromatic heterocycles. The van der Waals surface area contributed by atoms with Crippen molar-refractivity contribution in [2.45, 2.75) is 25.0 Å². The molecule has 158 valence electrons. The van der Waals surface area contributed by atoms with Crippen molar-refractivity contribution >= 4 is 34.1 Å². The van der Waals surface area contributed by atoms with Gasteiger partial charge in [-0.2, -0.15) is 0 Å². The lowest BCUT2D eigenvalue weighted by Gasteiger charge is -2.10. The smallest absolute Gasteiger partial charge is 0.234 e. The van der Waals surface area contributed by atoms with Gasteiger partial charge in [0.2, 0.25) is 5.91 Å². The monoisotopic (exact) mass is 432 g/mol. The number of anilines is 1. The number of fused-ring (bicyclic) bond motifs is 1. The van der Waals surface area contributed by atoms with Gasteiger partial charge in [-0.1, -0.05) is 60.3 Å². The number of rotatable bonds is 8. The molecule has 4 rings (SSSR count). The summed E-state index contributed by atoms with van der Waals surface area (Å²) in [6.45, 7) is 2.81. The van der Waals surface area contributed by atoms with E-state index in [9.17, 15) is 4.79 Å². The number of methoxy groups -OCH3 is 1. The number of carbonyl (C=O) groups is 1. The Kier molecular flexibility index (Phi) is 6.52. The van der Waals surface area contributed by atoms with Crippen LogP contribution < -0.4 is 10.1 Å². The molecule has 0 aliphatic rings. The predicted octanol–water partition coefficient (Wildman–Crippen LogP) is 4.78. The number of hydrogen-bond acceptors (Lipinski definition) is 5. The molecule has 0 radical (unpaired) electrons. The van der Waals surface area contributed by atoms with Gasteiger partial charge in [0.25, 0.3) is 0 Å². The summed E-state index contributed by atoms with van der Waals surface area (Å²) in [5.41, 5.74) is 1.92. The molecule has 0 aliphatic heterocycles.